The van der Waals surface area contributed by atoms with E-state index >= 15 is 0 Å². The molecule has 1 aliphatic heterocycles. The van der Waals surface area contributed by atoms with E-state index in [1.165, 1.54) is 0 Å². The fourth-order valence-corrected chi connectivity index (χ4v) is 3.49. The molecule has 0 radical (unpaired) electrons. The van der Waals surface area contributed by atoms with Crippen LogP contribution < -0.4 is 20.3 Å². The van der Waals surface area contributed by atoms with Crippen molar-refractivity contribution in [3.63, 3.8) is 0 Å². The van der Waals surface area contributed by atoms with Crippen molar-refractivity contribution < 1.29 is 14.3 Å². The number of hydrogen-bond acceptors (Lipinski definition) is 6. The maximum absolute atomic E-state index is 12.5. The lowest BCUT2D eigenvalue weighted by atomic mass is 10.2. The van der Waals surface area contributed by atoms with E-state index in [1.54, 1.807) is 30.6 Å². The summed E-state index contributed by atoms with van der Waals surface area (Å²) in [5.41, 5.74) is 0.546. The lowest BCUT2D eigenvalue weighted by Crippen LogP contribution is -2.49. The van der Waals surface area contributed by atoms with Gasteiger partial charge in [-0.15, -0.1) is 0 Å². The minimum absolute atomic E-state index is 0.0109. The fraction of sp³-hybridized carbons (Fsp3) is 0.250. The minimum Gasteiger partial charge on any atom is -0.455 e. The van der Waals surface area contributed by atoms with Gasteiger partial charge in [0.1, 0.15) is 5.75 Å². The summed E-state index contributed by atoms with van der Waals surface area (Å²) in [6.07, 6.45) is 3.66. The van der Waals surface area contributed by atoms with Crippen LogP contribution in [0.15, 0.2) is 73.1 Å². The molecule has 1 saturated heterocycles. The second kappa shape index (κ2) is 10.9. The van der Waals surface area contributed by atoms with Crippen LogP contribution in [0.25, 0.3) is 0 Å². The van der Waals surface area contributed by atoms with Crippen molar-refractivity contribution in [2.75, 3.05) is 42.9 Å². The number of aromatic nitrogens is 2. The van der Waals surface area contributed by atoms with Gasteiger partial charge in [-0.1, -0.05) is 30.3 Å². The summed E-state index contributed by atoms with van der Waals surface area (Å²) in [7, 11) is 0. The summed E-state index contributed by atoms with van der Waals surface area (Å²) in [5, 5.41) is 5.53. The SMILES string of the molecule is O=C(NCCC(=O)N1CCN(c2ncccn2)CC1)Nc1ccccc1Oc1ccccc1. The van der Waals surface area contributed by atoms with Crippen molar-refractivity contribution >= 4 is 23.6 Å². The molecule has 1 aliphatic rings. The van der Waals surface area contributed by atoms with Crippen LogP contribution in [0.3, 0.4) is 0 Å². The Morgan fingerprint density at radius 1 is 0.879 bits per heavy atom. The highest BCUT2D eigenvalue weighted by molar-refractivity contribution is 5.91. The number of para-hydroxylation sites is 3. The molecule has 0 aliphatic carbocycles. The Labute approximate surface area is 192 Å². The highest BCUT2D eigenvalue weighted by Gasteiger charge is 2.22. The number of nitrogens with one attached hydrogen (secondary N) is 2. The van der Waals surface area contributed by atoms with Gasteiger partial charge in [0.15, 0.2) is 5.75 Å². The van der Waals surface area contributed by atoms with E-state index in [9.17, 15) is 9.59 Å². The molecule has 0 atom stereocenters. The molecule has 9 nitrogen and oxygen atoms in total. The van der Waals surface area contributed by atoms with Crippen molar-refractivity contribution in [3.8, 4) is 11.5 Å². The first kappa shape index (κ1) is 22.1. The van der Waals surface area contributed by atoms with Gasteiger partial charge in [0.25, 0.3) is 0 Å². The molecule has 170 valence electrons. The molecule has 9 heteroatoms. The maximum atomic E-state index is 12.5. The monoisotopic (exact) mass is 446 g/mol. The van der Waals surface area contributed by atoms with Crippen LogP contribution in [-0.2, 0) is 4.79 Å². The largest absolute Gasteiger partial charge is 0.455 e. The van der Waals surface area contributed by atoms with Crippen molar-refractivity contribution in [3.05, 3.63) is 73.1 Å². The Morgan fingerprint density at radius 2 is 1.58 bits per heavy atom. The van der Waals surface area contributed by atoms with Crippen molar-refractivity contribution in [2.24, 2.45) is 0 Å². The van der Waals surface area contributed by atoms with E-state index in [0.717, 1.165) is 0 Å². The molecule has 1 aromatic heterocycles. The Balaban J connectivity index is 1.21. The molecular formula is C24H26N6O3. The number of hydrogen-bond donors (Lipinski definition) is 2. The number of urea groups is 1. The third kappa shape index (κ3) is 6.19. The molecule has 0 bridgehead atoms. The predicted molar refractivity (Wildman–Crippen MR) is 125 cm³/mol. The van der Waals surface area contributed by atoms with Gasteiger partial charge in [0.05, 0.1) is 5.69 Å². The molecule has 3 amide bonds. The van der Waals surface area contributed by atoms with E-state index in [4.69, 9.17) is 4.74 Å². The normalized spacial score (nSPS) is 13.3. The standard InChI is InChI=1S/C24H26N6O3/c31-22(29-15-17-30(18-16-29)23-25-12-6-13-26-23)11-14-27-24(32)28-20-9-4-5-10-21(20)33-19-7-2-1-3-8-19/h1-10,12-13H,11,14-18H2,(H2,27,28,32). The Morgan fingerprint density at radius 3 is 2.33 bits per heavy atom. The van der Waals surface area contributed by atoms with Crippen LogP contribution in [-0.4, -0.2) is 59.5 Å². The average molecular weight is 447 g/mol. The molecule has 3 aromatic rings. The van der Waals surface area contributed by atoms with Crippen molar-refractivity contribution in [1.82, 2.24) is 20.2 Å². The molecule has 0 saturated carbocycles. The van der Waals surface area contributed by atoms with Crippen molar-refractivity contribution in [1.29, 1.82) is 0 Å². The van der Waals surface area contributed by atoms with Crippen LogP contribution in [0.5, 0.6) is 11.5 Å². The van der Waals surface area contributed by atoms with Gasteiger partial charge in [-0.3, -0.25) is 4.79 Å². The smallest absolute Gasteiger partial charge is 0.319 e. The van der Waals surface area contributed by atoms with Crippen LogP contribution in [0, 0.1) is 0 Å². The molecule has 2 N–H and O–H groups in total. The highest BCUT2D eigenvalue weighted by atomic mass is 16.5. The van der Waals surface area contributed by atoms with E-state index in [0.29, 0.717) is 49.3 Å². The summed E-state index contributed by atoms with van der Waals surface area (Å²) in [6, 6.07) is 17.9. The van der Waals surface area contributed by atoms with Crippen LogP contribution in [0.2, 0.25) is 0 Å². The molecule has 1 fully saturated rings. The highest BCUT2D eigenvalue weighted by Crippen LogP contribution is 2.28. The Bertz CT molecular complexity index is 1060. The number of amides is 3. The number of rotatable bonds is 7. The van der Waals surface area contributed by atoms with Gasteiger partial charge < -0.3 is 25.2 Å². The third-order valence-electron chi connectivity index (χ3n) is 5.20. The first-order chi connectivity index (χ1) is 16.2. The lowest BCUT2D eigenvalue weighted by Gasteiger charge is -2.34. The number of anilines is 2. The molecule has 2 heterocycles. The molecule has 4 rings (SSSR count). The molecule has 33 heavy (non-hydrogen) atoms. The molecule has 0 spiro atoms. The topological polar surface area (TPSA) is 99.7 Å². The van der Waals surface area contributed by atoms with E-state index in [1.807, 2.05) is 47.4 Å². The average Bonchev–Trinajstić information content (AvgIpc) is 2.86. The van der Waals surface area contributed by atoms with Crippen molar-refractivity contribution in [2.45, 2.75) is 6.42 Å². The number of carbonyl (C=O) groups is 2. The first-order valence-electron chi connectivity index (χ1n) is 10.9. The number of carbonyl (C=O) groups excluding carboxylic acids is 2. The maximum Gasteiger partial charge on any atom is 0.319 e. The third-order valence-corrected chi connectivity index (χ3v) is 5.20. The first-order valence-corrected chi connectivity index (χ1v) is 10.9. The van der Waals surface area contributed by atoms with Gasteiger partial charge in [0, 0.05) is 51.5 Å². The van der Waals surface area contributed by atoms with Gasteiger partial charge in [-0.25, -0.2) is 14.8 Å². The molecular weight excluding hydrogens is 420 g/mol. The van der Waals surface area contributed by atoms with Crippen LogP contribution in [0.1, 0.15) is 6.42 Å². The van der Waals surface area contributed by atoms with E-state index in [-0.39, 0.29) is 18.9 Å². The van der Waals surface area contributed by atoms with E-state index < -0.39 is 6.03 Å². The number of piperazine rings is 1. The number of ether oxygens (including phenoxy) is 1. The Kier molecular flexibility index (Phi) is 7.32. The van der Waals surface area contributed by atoms with Crippen LogP contribution >= 0.6 is 0 Å². The zero-order valence-corrected chi connectivity index (χ0v) is 18.2. The fourth-order valence-electron chi connectivity index (χ4n) is 3.49. The molecule has 0 unspecified atom stereocenters. The summed E-state index contributed by atoms with van der Waals surface area (Å²) in [5.74, 6) is 1.91. The quantitative estimate of drug-likeness (QED) is 0.579. The lowest BCUT2D eigenvalue weighted by molar-refractivity contribution is -0.131. The zero-order valence-electron chi connectivity index (χ0n) is 18.2. The van der Waals surface area contributed by atoms with Gasteiger partial charge in [-0.2, -0.15) is 0 Å². The zero-order chi connectivity index (χ0) is 22.9. The van der Waals surface area contributed by atoms with Gasteiger partial charge in [-0.05, 0) is 30.3 Å². The number of benzene rings is 2. The summed E-state index contributed by atoms with van der Waals surface area (Å²) >= 11 is 0. The second-order valence-corrected chi connectivity index (χ2v) is 7.46. The second-order valence-electron chi connectivity index (χ2n) is 7.46. The summed E-state index contributed by atoms with van der Waals surface area (Å²) < 4.78 is 5.86. The summed E-state index contributed by atoms with van der Waals surface area (Å²) in [4.78, 5) is 37.2. The van der Waals surface area contributed by atoms with Gasteiger partial charge >= 0.3 is 6.03 Å². The Hall–Kier alpha value is -4.14. The van der Waals surface area contributed by atoms with Crippen LogP contribution in [0.4, 0.5) is 16.4 Å². The van der Waals surface area contributed by atoms with Gasteiger partial charge in [0.2, 0.25) is 11.9 Å². The molecule has 2 aromatic carbocycles. The predicted octanol–water partition coefficient (Wildman–Crippen LogP) is 3.13. The number of nitrogens with zero attached hydrogens (tertiary/aromatic N) is 4. The van der Waals surface area contributed by atoms with E-state index in [2.05, 4.69) is 25.5 Å². The minimum atomic E-state index is -0.391. The summed E-state index contributed by atoms with van der Waals surface area (Å²) in [6.45, 7) is 2.82.